The van der Waals surface area contributed by atoms with Crippen LogP contribution < -0.4 is 10.0 Å². The Kier molecular flexibility index (Phi) is 6.91. The maximum Gasteiger partial charge on any atom is 0.209 e. The Labute approximate surface area is 239 Å². The first-order valence-corrected chi connectivity index (χ1v) is 14.9. The standard InChI is InChI=1S/C29H26F2N8O2S/c1-15(2)35-20-9-18(13-32-14-20)21-10-22-25(11-23(21)31)38-39-27(22)29-36-24-4-5-33-26(28(24)37-29)17-6-16(7-19(30)8-17)12-34-42(3,40)41/h4-11,13-15,34-35H,12H2,1-3H3,(H,36,37)(H,38,39). The number of hydrogen-bond donors (Lipinski definition) is 4. The molecule has 0 aliphatic rings. The van der Waals surface area contributed by atoms with Gasteiger partial charge in [0.05, 0.1) is 28.7 Å². The molecule has 214 valence electrons. The fraction of sp³-hybridized carbons (Fsp3) is 0.172. The lowest BCUT2D eigenvalue weighted by atomic mass is 10.0. The van der Waals surface area contributed by atoms with Crippen molar-refractivity contribution in [2.45, 2.75) is 26.4 Å². The normalized spacial score (nSPS) is 12.0. The molecule has 4 N–H and O–H groups in total. The second-order valence-corrected chi connectivity index (χ2v) is 12.1. The van der Waals surface area contributed by atoms with Crippen molar-refractivity contribution in [1.82, 2.24) is 34.9 Å². The van der Waals surface area contributed by atoms with Crippen LogP contribution in [0.3, 0.4) is 0 Å². The minimum absolute atomic E-state index is 0.0739. The number of rotatable bonds is 8. The van der Waals surface area contributed by atoms with E-state index in [2.05, 4.69) is 35.2 Å². The third-order valence-electron chi connectivity index (χ3n) is 6.55. The number of sulfonamides is 1. The van der Waals surface area contributed by atoms with E-state index in [1.165, 1.54) is 18.2 Å². The van der Waals surface area contributed by atoms with Crippen LogP contribution >= 0.6 is 0 Å². The molecule has 0 spiro atoms. The van der Waals surface area contributed by atoms with Crippen molar-refractivity contribution in [3.8, 4) is 33.9 Å². The van der Waals surface area contributed by atoms with E-state index < -0.39 is 21.7 Å². The fourth-order valence-corrected chi connectivity index (χ4v) is 5.23. The fourth-order valence-electron chi connectivity index (χ4n) is 4.80. The summed E-state index contributed by atoms with van der Waals surface area (Å²) in [6, 6.07) is 11.1. The minimum atomic E-state index is -3.46. The number of imidazole rings is 1. The summed E-state index contributed by atoms with van der Waals surface area (Å²) in [5.74, 6) is -0.557. The summed E-state index contributed by atoms with van der Waals surface area (Å²) in [7, 11) is -3.46. The van der Waals surface area contributed by atoms with Crippen molar-refractivity contribution >= 4 is 37.6 Å². The van der Waals surface area contributed by atoms with Crippen molar-refractivity contribution in [2.75, 3.05) is 11.6 Å². The van der Waals surface area contributed by atoms with Gasteiger partial charge in [-0.1, -0.05) is 0 Å². The Hall–Kier alpha value is -4.75. The molecule has 13 heteroatoms. The van der Waals surface area contributed by atoms with Crippen LogP contribution in [0, 0.1) is 11.6 Å². The summed E-state index contributed by atoms with van der Waals surface area (Å²) in [5, 5.41) is 11.2. The summed E-state index contributed by atoms with van der Waals surface area (Å²) >= 11 is 0. The highest BCUT2D eigenvalue weighted by Crippen LogP contribution is 2.34. The maximum atomic E-state index is 15.2. The van der Waals surface area contributed by atoms with Gasteiger partial charge in [0.1, 0.15) is 22.8 Å². The second-order valence-electron chi connectivity index (χ2n) is 10.3. The van der Waals surface area contributed by atoms with Gasteiger partial charge in [-0.15, -0.1) is 0 Å². The van der Waals surface area contributed by atoms with Gasteiger partial charge in [-0.25, -0.2) is 26.9 Å². The Balaban J connectivity index is 1.42. The van der Waals surface area contributed by atoms with Gasteiger partial charge < -0.3 is 10.3 Å². The molecule has 2 aromatic carbocycles. The lowest BCUT2D eigenvalue weighted by Gasteiger charge is -2.11. The molecular formula is C29H26F2N8O2S. The molecule has 0 unspecified atom stereocenters. The van der Waals surface area contributed by atoms with E-state index in [-0.39, 0.29) is 12.6 Å². The van der Waals surface area contributed by atoms with Crippen LogP contribution in [0.2, 0.25) is 0 Å². The van der Waals surface area contributed by atoms with Gasteiger partial charge in [0.2, 0.25) is 10.0 Å². The molecule has 0 fully saturated rings. The first-order valence-electron chi connectivity index (χ1n) is 13.0. The number of H-pyrrole nitrogens is 2. The zero-order valence-electron chi connectivity index (χ0n) is 22.8. The van der Waals surface area contributed by atoms with Gasteiger partial charge in [-0.2, -0.15) is 5.10 Å². The largest absolute Gasteiger partial charge is 0.382 e. The average molecular weight is 589 g/mol. The Bertz CT molecular complexity index is 2070. The zero-order valence-corrected chi connectivity index (χ0v) is 23.6. The summed E-state index contributed by atoms with van der Waals surface area (Å²) in [6.07, 6.45) is 5.90. The molecular weight excluding hydrogens is 562 g/mol. The number of aromatic nitrogens is 6. The van der Waals surface area contributed by atoms with Gasteiger partial charge in [0.15, 0.2) is 5.82 Å². The van der Waals surface area contributed by atoms with Crippen molar-refractivity contribution in [1.29, 1.82) is 0 Å². The molecule has 42 heavy (non-hydrogen) atoms. The molecule has 0 radical (unpaired) electrons. The summed E-state index contributed by atoms with van der Waals surface area (Å²) in [6.45, 7) is 3.94. The number of hydrogen-bond acceptors (Lipinski definition) is 7. The van der Waals surface area contributed by atoms with Crippen molar-refractivity contribution in [2.24, 2.45) is 0 Å². The van der Waals surface area contributed by atoms with E-state index in [1.807, 2.05) is 19.9 Å². The molecule has 10 nitrogen and oxygen atoms in total. The van der Waals surface area contributed by atoms with Crippen molar-refractivity contribution in [3.63, 3.8) is 0 Å². The number of anilines is 1. The summed E-state index contributed by atoms with van der Waals surface area (Å²) in [5.41, 5.74) is 5.07. The van der Waals surface area contributed by atoms with Gasteiger partial charge >= 0.3 is 0 Å². The Morgan fingerprint density at radius 3 is 2.60 bits per heavy atom. The lowest BCUT2D eigenvalue weighted by molar-refractivity contribution is 0.586. The van der Waals surface area contributed by atoms with Gasteiger partial charge in [-0.3, -0.25) is 15.1 Å². The van der Waals surface area contributed by atoms with E-state index in [0.717, 1.165) is 11.9 Å². The SMILES string of the molecule is CC(C)Nc1cncc(-c2cc3c(-c4nc5c(-c6cc(F)cc(CNS(C)(=O)=O)c6)nccc5[nH]4)n[nH]c3cc2F)c1. The molecule has 0 saturated carbocycles. The predicted octanol–water partition coefficient (Wildman–Crippen LogP) is 5.38. The van der Waals surface area contributed by atoms with Crippen molar-refractivity contribution < 1.29 is 17.2 Å². The number of pyridine rings is 2. The molecule has 0 aliphatic heterocycles. The lowest BCUT2D eigenvalue weighted by Crippen LogP contribution is -2.21. The number of benzene rings is 2. The van der Waals surface area contributed by atoms with Crippen LogP contribution in [-0.4, -0.2) is 50.8 Å². The highest BCUT2D eigenvalue weighted by molar-refractivity contribution is 7.88. The molecule has 4 heterocycles. The molecule has 4 aromatic heterocycles. The zero-order chi connectivity index (χ0) is 29.6. The van der Waals surface area contributed by atoms with E-state index in [0.29, 0.717) is 61.4 Å². The molecule has 6 rings (SSSR count). The first-order chi connectivity index (χ1) is 20.0. The third-order valence-corrected chi connectivity index (χ3v) is 7.22. The number of nitrogens with one attached hydrogen (secondary N) is 4. The average Bonchev–Trinajstić information content (AvgIpc) is 3.54. The van der Waals surface area contributed by atoms with Crippen LogP contribution in [0.4, 0.5) is 14.5 Å². The molecule has 0 aliphatic carbocycles. The maximum absolute atomic E-state index is 15.2. The Morgan fingerprint density at radius 2 is 1.81 bits per heavy atom. The van der Waals surface area contributed by atoms with E-state index in [9.17, 15) is 12.8 Å². The molecule has 0 amide bonds. The van der Waals surface area contributed by atoms with Crippen LogP contribution in [0.1, 0.15) is 19.4 Å². The number of halogens is 2. The molecule has 0 saturated heterocycles. The number of nitrogens with zero attached hydrogens (tertiary/aromatic N) is 4. The smallest absolute Gasteiger partial charge is 0.209 e. The number of fused-ring (bicyclic) bond motifs is 2. The highest BCUT2D eigenvalue weighted by atomic mass is 32.2. The minimum Gasteiger partial charge on any atom is -0.382 e. The van der Waals surface area contributed by atoms with Gasteiger partial charge in [0.25, 0.3) is 0 Å². The molecule has 0 atom stereocenters. The summed E-state index contributed by atoms with van der Waals surface area (Å²) < 4.78 is 55.2. The van der Waals surface area contributed by atoms with Crippen LogP contribution in [0.5, 0.6) is 0 Å². The molecule has 6 aromatic rings. The summed E-state index contributed by atoms with van der Waals surface area (Å²) in [4.78, 5) is 16.7. The van der Waals surface area contributed by atoms with Crippen LogP contribution in [-0.2, 0) is 16.6 Å². The van der Waals surface area contributed by atoms with Crippen LogP contribution in [0.15, 0.2) is 61.1 Å². The monoisotopic (exact) mass is 588 g/mol. The highest BCUT2D eigenvalue weighted by Gasteiger charge is 2.19. The topological polar surface area (TPSA) is 141 Å². The quantitative estimate of drug-likeness (QED) is 0.187. The van der Waals surface area contributed by atoms with Crippen molar-refractivity contribution in [3.05, 3.63) is 78.3 Å². The first kappa shape index (κ1) is 27.4. The van der Waals surface area contributed by atoms with E-state index in [1.54, 1.807) is 36.8 Å². The second kappa shape index (κ2) is 10.6. The van der Waals surface area contributed by atoms with E-state index >= 15 is 4.39 Å². The van der Waals surface area contributed by atoms with E-state index in [4.69, 9.17) is 4.98 Å². The number of aromatic amines is 2. The predicted molar refractivity (Wildman–Crippen MR) is 158 cm³/mol. The Morgan fingerprint density at radius 1 is 0.976 bits per heavy atom. The third kappa shape index (κ3) is 5.56. The van der Waals surface area contributed by atoms with Crippen LogP contribution in [0.25, 0.3) is 55.8 Å². The van der Waals surface area contributed by atoms with Gasteiger partial charge in [-0.05, 0) is 55.8 Å². The van der Waals surface area contributed by atoms with Gasteiger partial charge in [0, 0.05) is 59.3 Å². The molecule has 0 bridgehead atoms.